The molecule has 0 saturated carbocycles. The Morgan fingerprint density at radius 2 is 2.00 bits per heavy atom. The van der Waals surface area contributed by atoms with Crippen molar-refractivity contribution >= 4 is 5.97 Å². The van der Waals surface area contributed by atoms with Gasteiger partial charge in [0, 0.05) is 12.5 Å². The minimum Gasteiger partial charge on any atom is -0.496 e. The highest BCUT2D eigenvalue weighted by Gasteiger charge is 2.15. The number of benzene rings is 1. The molecular weight excluding hydrogens is 242 g/mol. The van der Waals surface area contributed by atoms with Crippen LogP contribution >= 0.6 is 0 Å². The quantitative estimate of drug-likeness (QED) is 0.829. The second kappa shape index (κ2) is 6.57. The number of methoxy groups -OCH3 is 1. The van der Waals surface area contributed by atoms with Crippen molar-refractivity contribution in [3.8, 4) is 5.75 Å². The van der Waals surface area contributed by atoms with E-state index in [1.165, 1.54) is 0 Å². The molecule has 0 fully saturated rings. The Morgan fingerprint density at radius 3 is 2.53 bits per heavy atom. The summed E-state index contributed by atoms with van der Waals surface area (Å²) < 4.78 is 5.39. The van der Waals surface area contributed by atoms with E-state index in [2.05, 4.69) is 0 Å². The molecule has 19 heavy (non-hydrogen) atoms. The summed E-state index contributed by atoms with van der Waals surface area (Å²) in [6.07, 6.45) is 1.44. The molecule has 106 valence electrons. The van der Waals surface area contributed by atoms with Gasteiger partial charge in [-0.1, -0.05) is 6.07 Å². The molecule has 0 saturated heterocycles. The fourth-order valence-electron chi connectivity index (χ4n) is 2.42. The summed E-state index contributed by atoms with van der Waals surface area (Å²) in [7, 11) is 1.67. The van der Waals surface area contributed by atoms with Crippen molar-refractivity contribution in [3.63, 3.8) is 0 Å². The molecule has 1 aromatic carbocycles. The van der Waals surface area contributed by atoms with E-state index in [4.69, 9.17) is 15.6 Å². The molecule has 0 amide bonds. The first kappa shape index (κ1) is 15.5. The summed E-state index contributed by atoms with van der Waals surface area (Å²) in [6.45, 7) is 6.05. The minimum atomic E-state index is -0.772. The number of carbonyl (C=O) groups is 1. The van der Waals surface area contributed by atoms with Gasteiger partial charge in [0.05, 0.1) is 7.11 Å². The maximum Gasteiger partial charge on any atom is 0.303 e. The molecule has 1 rings (SSSR count). The maximum atomic E-state index is 10.5. The predicted molar refractivity (Wildman–Crippen MR) is 75.6 cm³/mol. The second-order valence-corrected chi connectivity index (χ2v) is 4.96. The molecule has 3 N–H and O–H groups in total. The van der Waals surface area contributed by atoms with Crippen LogP contribution in [0.5, 0.6) is 5.75 Å². The third kappa shape index (κ3) is 3.70. The normalized spacial score (nSPS) is 12.3. The second-order valence-electron chi connectivity index (χ2n) is 4.96. The van der Waals surface area contributed by atoms with E-state index in [0.717, 1.165) is 28.0 Å². The topological polar surface area (TPSA) is 72.5 Å². The summed E-state index contributed by atoms with van der Waals surface area (Å²) >= 11 is 0. The molecule has 0 aliphatic carbocycles. The van der Waals surface area contributed by atoms with E-state index in [1.807, 2.05) is 26.8 Å². The molecule has 0 radical (unpaired) electrons. The van der Waals surface area contributed by atoms with Crippen molar-refractivity contribution in [1.82, 2.24) is 0 Å². The monoisotopic (exact) mass is 265 g/mol. The van der Waals surface area contributed by atoms with Crippen LogP contribution in [0, 0.1) is 20.8 Å². The van der Waals surface area contributed by atoms with Gasteiger partial charge in [-0.3, -0.25) is 4.79 Å². The minimum absolute atomic E-state index is 0.123. The molecular formula is C15H23NO3. The van der Waals surface area contributed by atoms with E-state index in [9.17, 15) is 4.79 Å². The smallest absolute Gasteiger partial charge is 0.303 e. The number of nitrogens with two attached hydrogens (primary N) is 1. The van der Waals surface area contributed by atoms with Crippen LogP contribution in [0.3, 0.4) is 0 Å². The molecule has 1 aromatic rings. The molecule has 0 spiro atoms. The first-order valence-corrected chi connectivity index (χ1v) is 6.50. The largest absolute Gasteiger partial charge is 0.496 e. The zero-order valence-electron chi connectivity index (χ0n) is 12.1. The van der Waals surface area contributed by atoms with E-state index in [0.29, 0.717) is 12.8 Å². The van der Waals surface area contributed by atoms with Gasteiger partial charge in [-0.15, -0.1) is 0 Å². The maximum absolute atomic E-state index is 10.5. The summed E-state index contributed by atoms with van der Waals surface area (Å²) in [5.74, 6) is 0.130. The highest BCUT2D eigenvalue weighted by molar-refractivity contribution is 5.66. The van der Waals surface area contributed by atoms with Gasteiger partial charge in [-0.25, -0.2) is 0 Å². The Kier molecular flexibility index (Phi) is 5.36. The molecule has 0 aromatic heterocycles. The predicted octanol–water partition coefficient (Wildman–Crippen LogP) is 2.88. The van der Waals surface area contributed by atoms with Crippen molar-refractivity contribution in [2.45, 2.75) is 46.1 Å². The zero-order chi connectivity index (χ0) is 14.6. The fraction of sp³-hybridized carbons (Fsp3) is 0.533. The van der Waals surface area contributed by atoms with Crippen molar-refractivity contribution in [3.05, 3.63) is 28.3 Å². The molecule has 1 unspecified atom stereocenters. The van der Waals surface area contributed by atoms with Crippen LogP contribution in [-0.4, -0.2) is 18.2 Å². The van der Waals surface area contributed by atoms with E-state index < -0.39 is 5.97 Å². The Morgan fingerprint density at radius 1 is 1.37 bits per heavy atom. The van der Waals surface area contributed by atoms with Crippen molar-refractivity contribution in [1.29, 1.82) is 0 Å². The van der Waals surface area contributed by atoms with Crippen molar-refractivity contribution < 1.29 is 14.6 Å². The van der Waals surface area contributed by atoms with Gasteiger partial charge in [-0.2, -0.15) is 0 Å². The van der Waals surface area contributed by atoms with Crippen LogP contribution in [0.4, 0.5) is 0 Å². The van der Waals surface area contributed by atoms with Gasteiger partial charge in [0.1, 0.15) is 5.75 Å². The lowest BCUT2D eigenvalue weighted by Crippen LogP contribution is -2.14. The van der Waals surface area contributed by atoms with Crippen LogP contribution in [-0.2, 0) is 4.79 Å². The summed E-state index contributed by atoms with van der Waals surface area (Å²) in [6, 6.07) is 1.93. The van der Waals surface area contributed by atoms with Crippen LogP contribution in [0.2, 0.25) is 0 Å². The van der Waals surface area contributed by atoms with E-state index in [-0.39, 0.29) is 12.5 Å². The van der Waals surface area contributed by atoms with Crippen LogP contribution in [0.1, 0.15) is 47.6 Å². The number of ether oxygens (including phenoxy) is 1. The lowest BCUT2D eigenvalue weighted by Gasteiger charge is -2.20. The number of hydrogen-bond acceptors (Lipinski definition) is 3. The Hall–Kier alpha value is -1.55. The molecule has 0 bridgehead atoms. The number of aliphatic carboxylic acids is 1. The zero-order valence-corrected chi connectivity index (χ0v) is 12.1. The van der Waals surface area contributed by atoms with Gasteiger partial charge in [0.25, 0.3) is 0 Å². The van der Waals surface area contributed by atoms with Crippen LogP contribution < -0.4 is 10.5 Å². The number of carboxylic acids is 1. The highest BCUT2D eigenvalue weighted by atomic mass is 16.5. The number of aryl methyl sites for hydroxylation is 1. The fourth-order valence-corrected chi connectivity index (χ4v) is 2.42. The first-order valence-electron chi connectivity index (χ1n) is 6.50. The van der Waals surface area contributed by atoms with Gasteiger partial charge < -0.3 is 15.6 Å². The molecule has 4 heteroatoms. The Labute approximate surface area is 114 Å². The molecule has 4 nitrogen and oxygen atoms in total. The lowest BCUT2D eigenvalue weighted by atomic mass is 9.92. The third-order valence-corrected chi connectivity index (χ3v) is 3.58. The summed E-state index contributed by atoms with van der Waals surface area (Å²) in [5.41, 5.74) is 10.6. The summed E-state index contributed by atoms with van der Waals surface area (Å²) in [5, 5.41) is 8.65. The first-order chi connectivity index (χ1) is 8.88. The van der Waals surface area contributed by atoms with Crippen molar-refractivity contribution in [2.75, 3.05) is 7.11 Å². The van der Waals surface area contributed by atoms with Gasteiger partial charge >= 0.3 is 5.97 Å². The number of rotatable bonds is 6. The average Bonchev–Trinajstić information content (AvgIpc) is 2.33. The van der Waals surface area contributed by atoms with Crippen molar-refractivity contribution in [2.24, 2.45) is 5.73 Å². The van der Waals surface area contributed by atoms with E-state index >= 15 is 0 Å². The Balaban J connectivity index is 2.91. The highest BCUT2D eigenvalue weighted by Crippen LogP contribution is 2.32. The van der Waals surface area contributed by atoms with Gasteiger partial charge in [0.2, 0.25) is 0 Å². The third-order valence-electron chi connectivity index (χ3n) is 3.58. The lowest BCUT2D eigenvalue weighted by molar-refractivity contribution is -0.137. The molecule has 0 heterocycles. The van der Waals surface area contributed by atoms with Crippen LogP contribution in [0.25, 0.3) is 0 Å². The Bertz CT molecular complexity index is 469. The SMILES string of the molecule is COc1c(C)cc(C(N)CCCC(=O)O)c(C)c1C. The molecule has 1 atom stereocenters. The molecule has 0 aliphatic rings. The standard InChI is InChI=1S/C15H23NO3/c1-9-8-12(10(2)11(3)15(9)19-4)13(16)6-5-7-14(17)18/h8,13H,5-7,16H2,1-4H3,(H,17,18). The van der Waals surface area contributed by atoms with Gasteiger partial charge in [0.15, 0.2) is 0 Å². The number of hydrogen-bond donors (Lipinski definition) is 2. The van der Waals surface area contributed by atoms with Crippen LogP contribution in [0.15, 0.2) is 6.07 Å². The van der Waals surface area contributed by atoms with Gasteiger partial charge in [-0.05, 0) is 55.9 Å². The molecule has 0 aliphatic heterocycles. The number of carboxylic acid groups (broad SMARTS) is 1. The average molecular weight is 265 g/mol. The van der Waals surface area contributed by atoms with E-state index in [1.54, 1.807) is 7.11 Å². The summed E-state index contributed by atoms with van der Waals surface area (Å²) in [4.78, 5) is 10.5.